The zero-order valence-corrected chi connectivity index (χ0v) is 12.2. The van der Waals surface area contributed by atoms with Gasteiger partial charge in [0.25, 0.3) is 0 Å². The highest BCUT2D eigenvalue weighted by Gasteiger charge is 2.07. The lowest BCUT2D eigenvalue weighted by Gasteiger charge is -2.18. The second-order valence-corrected chi connectivity index (χ2v) is 5.36. The molecule has 21 heavy (non-hydrogen) atoms. The molecule has 0 fully saturated rings. The third-order valence-electron chi connectivity index (χ3n) is 3.67. The van der Waals surface area contributed by atoms with E-state index in [2.05, 4.69) is 41.2 Å². The Labute approximate surface area is 125 Å². The predicted octanol–water partition coefficient (Wildman–Crippen LogP) is 3.45. The molecule has 0 aliphatic heterocycles. The van der Waals surface area contributed by atoms with E-state index in [-0.39, 0.29) is 0 Å². The van der Waals surface area contributed by atoms with Crippen molar-refractivity contribution in [2.45, 2.75) is 13.1 Å². The summed E-state index contributed by atoms with van der Waals surface area (Å²) in [5.74, 6) is 0. The van der Waals surface area contributed by atoms with E-state index in [1.54, 1.807) is 0 Å². The molecule has 0 saturated carbocycles. The Kier molecular flexibility index (Phi) is 3.84. The summed E-state index contributed by atoms with van der Waals surface area (Å²) in [4.78, 5) is 6.68. The van der Waals surface area contributed by atoms with Crippen molar-refractivity contribution >= 4 is 16.6 Å². The van der Waals surface area contributed by atoms with Gasteiger partial charge in [-0.1, -0.05) is 36.4 Å². The lowest BCUT2D eigenvalue weighted by atomic mass is 10.1. The highest BCUT2D eigenvalue weighted by atomic mass is 15.1. The van der Waals surface area contributed by atoms with Crippen LogP contribution in [0.15, 0.2) is 60.8 Å². The van der Waals surface area contributed by atoms with E-state index in [1.807, 2.05) is 36.5 Å². The highest BCUT2D eigenvalue weighted by molar-refractivity contribution is 5.81. The van der Waals surface area contributed by atoms with Crippen molar-refractivity contribution in [1.82, 2.24) is 9.88 Å². The second-order valence-electron chi connectivity index (χ2n) is 5.36. The van der Waals surface area contributed by atoms with Crippen molar-refractivity contribution in [1.29, 1.82) is 0 Å². The molecule has 0 spiro atoms. The SMILES string of the molecule is CN(Cc1ccccc1N)Cc1ccnc2ccccc12. The van der Waals surface area contributed by atoms with E-state index < -0.39 is 0 Å². The maximum atomic E-state index is 6.02. The van der Waals surface area contributed by atoms with Gasteiger partial charge in [-0.15, -0.1) is 0 Å². The number of para-hydroxylation sites is 2. The molecule has 0 aliphatic carbocycles. The Morgan fingerprint density at radius 2 is 1.62 bits per heavy atom. The van der Waals surface area contributed by atoms with Crippen LogP contribution in [0.1, 0.15) is 11.1 Å². The molecule has 2 N–H and O–H groups in total. The normalized spacial score (nSPS) is 11.1. The third kappa shape index (κ3) is 3.03. The lowest BCUT2D eigenvalue weighted by molar-refractivity contribution is 0.321. The third-order valence-corrected chi connectivity index (χ3v) is 3.67. The lowest BCUT2D eigenvalue weighted by Crippen LogP contribution is -2.18. The van der Waals surface area contributed by atoms with Crippen LogP contribution in [-0.2, 0) is 13.1 Å². The number of benzene rings is 2. The van der Waals surface area contributed by atoms with Crippen LogP contribution in [0.3, 0.4) is 0 Å². The summed E-state index contributed by atoms with van der Waals surface area (Å²) >= 11 is 0. The number of pyridine rings is 1. The molecule has 0 aliphatic rings. The molecular weight excluding hydrogens is 258 g/mol. The van der Waals surface area contributed by atoms with Crippen molar-refractivity contribution in [2.24, 2.45) is 0 Å². The van der Waals surface area contributed by atoms with Crippen molar-refractivity contribution in [3.63, 3.8) is 0 Å². The zero-order chi connectivity index (χ0) is 14.7. The molecule has 3 heteroatoms. The van der Waals surface area contributed by atoms with Crippen LogP contribution in [0.25, 0.3) is 10.9 Å². The molecule has 3 rings (SSSR count). The van der Waals surface area contributed by atoms with Crippen LogP contribution in [-0.4, -0.2) is 16.9 Å². The molecule has 1 heterocycles. The molecule has 0 unspecified atom stereocenters. The number of rotatable bonds is 4. The fourth-order valence-corrected chi connectivity index (χ4v) is 2.61. The molecule has 3 aromatic rings. The Morgan fingerprint density at radius 1 is 0.905 bits per heavy atom. The molecule has 0 atom stereocenters. The van der Waals surface area contributed by atoms with Crippen LogP contribution in [0.2, 0.25) is 0 Å². The zero-order valence-electron chi connectivity index (χ0n) is 12.2. The van der Waals surface area contributed by atoms with E-state index in [9.17, 15) is 0 Å². The minimum atomic E-state index is 0.837. The molecule has 106 valence electrons. The molecule has 0 radical (unpaired) electrons. The first-order chi connectivity index (χ1) is 10.2. The first-order valence-corrected chi connectivity index (χ1v) is 7.08. The van der Waals surface area contributed by atoms with Crippen molar-refractivity contribution in [2.75, 3.05) is 12.8 Å². The van der Waals surface area contributed by atoms with Crippen molar-refractivity contribution < 1.29 is 0 Å². The predicted molar refractivity (Wildman–Crippen MR) is 87.8 cm³/mol. The standard InChI is InChI=1S/C18H19N3/c1-21(13-15-6-2-4-8-17(15)19)12-14-10-11-20-18-9-5-3-7-16(14)18/h2-11H,12-13,19H2,1H3. The van der Waals surface area contributed by atoms with Gasteiger partial charge < -0.3 is 5.73 Å². The van der Waals surface area contributed by atoms with Crippen LogP contribution in [0.4, 0.5) is 5.69 Å². The summed E-state index contributed by atoms with van der Waals surface area (Å²) < 4.78 is 0. The minimum absolute atomic E-state index is 0.837. The van der Waals surface area contributed by atoms with Gasteiger partial charge >= 0.3 is 0 Å². The Balaban J connectivity index is 1.81. The van der Waals surface area contributed by atoms with Crippen LogP contribution in [0.5, 0.6) is 0 Å². The number of nitrogens with two attached hydrogens (primary N) is 1. The maximum Gasteiger partial charge on any atom is 0.0705 e. The van der Waals surface area contributed by atoms with Gasteiger partial charge in [0.2, 0.25) is 0 Å². The molecule has 1 aromatic heterocycles. The fourth-order valence-electron chi connectivity index (χ4n) is 2.61. The van der Waals surface area contributed by atoms with Crippen LogP contribution in [0, 0.1) is 0 Å². The molecule has 0 amide bonds. The van der Waals surface area contributed by atoms with Gasteiger partial charge in [-0.2, -0.15) is 0 Å². The second kappa shape index (κ2) is 5.94. The smallest absolute Gasteiger partial charge is 0.0705 e. The van der Waals surface area contributed by atoms with Crippen LogP contribution >= 0.6 is 0 Å². The summed E-state index contributed by atoms with van der Waals surface area (Å²) in [7, 11) is 2.11. The number of nitrogen functional groups attached to an aromatic ring is 1. The topological polar surface area (TPSA) is 42.1 Å². The number of fused-ring (bicyclic) bond motifs is 1. The summed E-state index contributed by atoms with van der Waals surface area (Å²) in [5, 5.41) is 1.22. The Bertz CT molecular complexity index is 747. The summed E-state index contributed by atoms with van der Waals surface area (Å²) in [6.07, 6.45) is 1.88. The van der Waals surface area contributed by atoms with Gasteiger partial charge in [0, 0.05) is 30.4 Å². The van der Waals surface area contributed by atoms with Gasteiger partial charge in [0.1, 0.15) is 0 Å². The number of hydrogen-bond acceptors (Lipinski definition) is 3. The fraction of sp³-hybridized carbons (Fsp3) is 0.167. The molecule has 3 nitrogen and oxygen atoms in total. The van der Waals surface area contributed by atoms with E-state index in [1.165, 1.54) is 16.5 Å². The number of aromatic nitrogens is 1. The Morgan fingerprint density at radius 3 is 2.48 bits per heavy atom. The Hall–Kier alpha value is -2.39. The van der Waals surface area contributed by atoms with Gasteiger partial charge in [-0.3, -0.25) is 9.88 Å². The number of hydrogen-bond donors (Lipinski definition) is 1. The summed E-state index contributed by atoms with van der Waals surface area (Å²) in [5.41, 5.74) is 10.4. The quantitative estimate of drug-likeness (QED) is 0.743. The van der Waals surface area contributed by atoms with E-state index in [0.29, 0.717) is 0 Å². The van der Waals surface area contributed by atoms with E-state index >= 15 is 0 Å². The molecule has 0 saturated heterocycles. The van der Waals surface area contributed by atoms with E-state index in [0.717, 1.165) is 24.3 Å². The molecule has 0 bridgehead atoms. The monoisotopic (exact) mass is 277 g/mol. The summed E-state index contributed by atoms with van der Waals surface area (Å²) in [6.45, 7) is 1.71. The average Bonchev–Trinajstić information content (AvgIpc) is 2.50. The first-order valence-electron chi connectivity index (χ1n) is 7.08. The van der Waals surface area contributed by atoms with Crippen molar-refractivity contribution in [3.05, 3.63) is 71.9 Å². The molecular formula is C18H19N3. The average molecular weight is 277 g/mol. The van der Waals surface area contributed by atoms with Gasteiger partial charge in [0.15, 0.2) is 0 Å². The van der Waals surface area contributed by atoms with E-state index in [4.69, 9.17) is 5.73 Å². The first kappa shape index (κ1) is 13.6. The minimum Gasteiger partial charge on any atom is -0.398 e. The maximum absolute atomic E-state index is 6.02. The van der Waals surface area contributed by atoms with Gasteiger partial charge in [-0.05, 0) is 36.4 Å². The van der Waals surface area contributed by atoms with Gasteiger partial charge in [-0.25, -0.2) is 0 Å². The summed E-state index contributed by atoms with van der Waals surface area (Å²) in [6, 6.07) is 18.4. The van der Waals surface area contributed by atoms with Crippen molar-refractivity contribution in [3.8, 4) is 0 Å². The van der Waals surface area contributed by atoms with Gasteiger partial charge in [0.05, 0.1) is 5.52 Å². The molecule has 2 aromatic carbocycles. The van der Waals surface area contributed by atoms with Crippen LogP contribution < -0.4 is 5.73 Å². The number of nitrogens with zero attached hydrogens (tertiary/aromatic N) is 2. The number of anilines is 1. The highest BCUT2D eigenvalue weighted by Crippen LogP contribution is 2.19. The largest absolute Gasteiger partial charge is 0.398 e.